The summed E-state index contributed by atoms with van der Waals surface area (Å²) in [5, 5.41) is 11.4. The Balaban J connectivity index is 0.00000567. The fourth-order valence-corrected chi connectivity index (χ4v) is 9.96. The Labute approximate surface area is 364 Å². The molecule has 1 aromatic heterocycles. The first kappa shape index (κ1) is 43.9. The van der Waals surface area contributed by atoms with Gasteiger partial charge < -0.3 is 14.0 Å². The third kappa shape index (κ3) is 9.36. The summed E-state index contributed by atoms with van der Waals surface area (Å²) < 4.78 is 70.5. The van der Waals surface area contributed by atoms with Crippen LogP contribution in [0.3, 0.4) is 0 Å². The monoisotopic (exact) mass is 831 g/mol. The second-order valence-corrected chi connectivity index (χ2v) is 19.3. The Morgan fingerprint density at radius 1 is 0.776 bits per heavy atom. The first-order valence-electron chi connectivity index (χ1n) is 19.7. The smallest absolute Gasteiger partial charge is 0.748 e. The van der Waals surface area contributed by atoms with Gasteiger partial charge >= 0.3 is 29.6 Å². The van der Waals surface area contributed by atoms with Crippen LogP contribution in [0.25, 0.3) is 16.6 Å². The summed E-state index contributed by atoms with van der Waals surface area (Å²) in [5.74, 6) is -0.748. The van der Waals surface area contributed by atoms with Crippen LogP contribution in [0.2, 0.25) is 0 Å². The number of allylic oxidation sites excluding steroid dienone is 8. The van der Waals surface area contributed by atoms with E-state index in [4.69, 9.17) is 0 Å². The molecule has 0 atom stereocenters. The van der Waals surface area contributed by atoms with Crippen LogP contribution in [-0.4, -0.2) is 76.2 Å². The average molecular weight is 832 g/mol. The van der Waals surface area contributed by atoms with Crippen molar-refractivity contribution in [3.05, 3.63) is 125 Å². The number of anilines is 1. The van der Waals surface area contributed by atoms with Gasteiger partial charge in [0, 0.05) is 59.0 Å². The van der Waals surface area contributed by atoms with Crippen LogP contribution in [0.5, 0.6) is 0 Å². The van der Waals surface area contributed by atoms with E-state index < -0.39 is 20.2 Å². The van der Waals surface area contributed by atoms with Crippen LogP contribution in [0.1, 0.15) is 89.3 Å². The molecule has 0 amide bonds. The normalized spacial score (nSPS) is 19.1. The van der Waals surface area contributed by atoms with E-state index in [0.717, 1.165) is 64.2 Å². The number of aromatic amines is 1. The van der Waals surface area contributed by atoms with Gasteiger partial charge in [0.15, 0.2) is 5.71 Å². The van der Waals surface area contributed by atoms with Gasteiger partial charge in [-0.05, 0) is 104 Å². The molecule has 0 fully saturated rings. The molecule has 0 unspecified atom stereocenters. The molecule has 3 heterocycles. The zero-order chi connectivity index (χ0) is 40.6. The molecule has 58 heavy (non-hydrogen) atoms. The van der Waals surface area contributed by atoms with E-state index in [9.17, 15) is 25.9 Å². The number of nitrogens with zero attached hydrogens (tertiary/aromatic N) is 4. The maximum Gasteiger partial charge on any atom is 1.00 e. The molecule has 0 saturated heterocycles. The van der Waals surface area contributed by atoms with Crippen molar-refractivity contribution in [2.75, 3.05) is 29.5 Å². The first-order chi connectivity index (χ1) is 27.0. The Morgan fingerprint density at radius 2 is 1.45 bits per heavy atom. The van der Waals surface area contributed by atoms with Crippen LogP contribution in [0.4, 0.5) is 11.4 Å². The van der Waals surface area contributed by atoms with E-state index in [2.05, 4.69) is 113 Å². The molecule has 3 aromatic carbocycles. The zero-order valence-electron chi connectivity index (χ0n) is 34.0. The van der Waals surface area contributed by atoms with Gasteiger partial charge in [-0.25, -0.2) is 16.8 Å². The molecule has 14 heteroatoms. The molecule has 11 nitrogen and oxygen atoms in total. The summed E-state index contributed by atoms with van der Waals surface area (Å²) in [4.78, 5) is 2.27. The number of rotatable bonds is 14. The van der Waals surface area contributed by atoms with E-state index in [-0.39, 0.29) is 51.9 Å². The summed E-state index contributed by atoms with van der Waals surface area (Å²) in [7, 11) is -8.56. The summed E-state index contributed by atoms with van der Waals surface area (Å²) in [5.41, 5.74) is 12.3. The summed E-state index contributed by atoms with van der Waals surface area (Å²) in [6.07, 6.45) is 13.3. The Hall–Kier alpha value is -3.69. The molecule has 4 aromatic rings. The van der Waals surface area contributed by atoms with Gasteiger partial charge in [-0.1, -0.05) is 68.5 Å². The molecule has 0 saturated carbocycles. The van der Waals surface area contributed by atoms with Crippen molar-refractivity contribution in [3.63, 3.8) is 0 Å². The topological polar surface area (TPSA) is 162 Å². The Morgan fingerprint density at radius 3 is 2.19 bits per heavy atom. The molecule has 2 aliphatic heterocycles. The zero-order valence-corrected chi connectivity index (χ0v) is 37.6. The Bertz CT molecular complexity index is 2590. The van der Waals surface area contributed by atoms with E-state index in [1.165, 1.54) is 22.3 Å². The molecular weight excluding hydrogens is 782 g/mol. The van der Waals surface area contributed by atoms with Crippen LogP contribution in [0.15, 0.2) is 108 Å². The summed E-state index contributed by atoms with van der Waals surface area (Å²) in [6, 6.07) is 22.8. The number of para-hydroxylation sites is 2. The largest absolute Gasteiger partial charge is 1.00 e. The molecule has 1 N–H and O–H groups in total. The number of benzene rings is 3. The molecular formula is C44H50N5NaO6S2. The minimum atomic E-state index is -4.28. The second-order valence-electron chi connectivity index (χ2n) is 16.3. The van der Waals surface area contributed by atoms with E-state index in [0.29, 0.717) is 38.8 Å². The van der Waals surface area contributed by atoms with Crippen molar-refractivity contribution < 1.29 is 60.1 Å². The van der Waals surface area contributed by atoms with E-state index >= 15 is 0 Å². The molecule has 0 bridgehead atoms. The molecule has 7 rings (SSSR count). The fourth-order valence-electron chi connectivity index (χ4n) is 8.85. The predicted octanol–water partition coefficient (Wildman–Crippen LogP) is 4.79. The fraction of sp³-hybridized carbons (Fsp3) is 0.386. The number of hydrogen-bond acceptors (Lipinski definition) is 9. The van der Waals surface area contributed by atoms with Crippen molar-refractivity contribution in [1.82, 2.24) is 15.4 Å². The van der Waals surface area contributed by atoms with Crippen molar-refractivity contribution in [3.8, 4) is 0 Å². The minimum Gasteiger partial charge on any atom is -0.748 e. The maximum absolute atomic E-state index is 11.4. The van der Waals surface area contributed by atoms with Crippen LogP contribution >= 0.6 is 0 Å². The second kappa shape index (κ2) is 17.5. The minimum absolute atomic E-state index is 0. The van der Waals surface area contributed by atoms with Crippen molar-refractivity contribution in [2.45, 2.75) is 83.5 Å². The SMILES string of the molecule is CC1(C)C(/C=C/C2=C(c3ccc4n[nH]nc4c3)C(=C/C=C3/N(CCCCS(=O)(=O)[O-])c4ccccc4C3(C)C)/CCC2)=[N+](CCCCS(=O)(=O)[O-])c2ccccc21.[Na+]. The number of aromatic nitrogens is 3. The molecule has 300 valence electrons. The van der Waals surface area contributed by atoms with Gasteiger partial charge in [0.2, 0.25) is 5.69 Å². The van der Waals surface area contributed by atoms with Crippen molar-refractivity contribution in [1.29, 1.82) is 0 Å². The molecule has 3 aliphatic rings. The quantitative estimate of drug-likeness (QED) is 0.0816. The molecule has 0 spiro atoms. The Kier molecular flexibility index (Phi) is 13.2. The predicted molar refractivity (Wildman–Crippen MR) is 224 cm³/mol. The maximum atomic E-state index is 11.4. The summed E-state index contributed by atoms with van der Waals surface area (Å²) >= 11 is 0. The van der Waals surface area contributed by atoms with Gasteiger partial charge in [0.1, 0.15) is 17.6 Å². The van der Waals surface area contributed by atoms with Crippen LogP contribution in [-0.2, 0) is 31.1 Å². The van der Waals surface area contributed by atoms with Gasteiger partial charge in [-0.15, -0.1) is 0 Å². The van der Waals surface area contributed by atoms with Gasteiger partial charge in [-0.3, -0.25) is 0 Å². The van der Waals surface area contributed by atoms with Crippen molar-refractivity contribution in [2.24, 2.45) is 0 Å². The number of unbranched alkanes of at least 4 members (excludes halogenated alkanes) is 2. The van der Waals surface area contributed by atoms with E-state index in [1.807, 2.05) is 30.3 Å². The third-order valence-electron chi connectivity index (χ3n) is 11.7. The first-order valence-corrected chi connectivity index (χ1v) is 22.8. The number of nitrogens with one attached hydrogen (secondary N) is 1. The summed E-state index contributed by atoms with van der Waals surface area (Å²) in [6.45, 7) is 10.0. The molecule has 0 radical (unpaired) electrons. The van der Waals surface area contributed by atoms with Crippen molar-refractivity contribution >= 4 is 53.9 Å². The number of H-pyrrole nitrogens is 1. The van der Waals surface area contributed by atoms with Crippen LogP contribution in [0, 0.1) is 0 Å². The average Bonchev–Trinajstić information content (AvgIpc) is 3.78. The van der Waals surface area contributed by atoms with Crippen LogP contribution < -0.4 is 34.5 Å². The molecule has 1 aliphatic carbocycles. The number of fused-ring (bicyclic) bond motifs is 3. The van der Waals surface area contributed by atoms with Gasteiger partial charge in [0.25, 0.3) is 0 Å². The third-order valence-corrected chi connectivity index (χ3v) is 13.3. The van der Waals surface area contributed by atoms with Gasteiger partial charge in [0.05, 0.1) is 25.7 Å². The standard InChI is InChI=1S/C44H51N5O6S2.Na/c1-43(2)34-16-5-7-18-38(34)48(26-9-11-28-56(50,51)52)40(43)24-21-31-14-13-15-32(42(31)33-20-23-36-37(30-33)46-47-45-36)22-25-41-44(3,4)35-17-6-8-19-39(35)49(41)27-10-12-29-57(53,54)55;/h5-8,16-25,30H,9-15,26-29H2,1-4H3,(H2,50,51,52,53,54,55);/q;+1/p-1/b31-21+,40-24+;. The van der Waals surface area contributed by atoms with Gasteiger partial charge in [-0.2, -0.15) is 20.0 Å². The van der Waals surface area contributed by atoms with E-state index in [1.54, 1.807) is 0 Å². The number of hydrogen-bond donors (Lipinski definition) is 1.